The number of rotatable bonds is 4. The smallest absolute Gasteiger partial charge is 0.329 e. The van der Waals surface area contributed by atoms with Crippen LogP contribution in [0.3, 0.4) is 0 Å². The lowest BCUT2D eigenvalue weighted by Gasteiger charge is -2.38. The minimum atomic E-state index is -0.240. The van der Waals surface area contributed by atoms with Gasteiger partial charge in [0.15, 0.2) is 11.6 Å². The number of carbonyl (C=O) groups is 1. The van der Waals surface area contributed by atoms with Gasteiger partial charge < -0.3 is 15.1 Å². The first kappa shape index (κ1) is 19.4. The molecule has 2 N–H and O–H groups in total. The van der Waals surface area contributed by atoms with Crippen LogP contribution in [0.1, 0.15) is 20.3 Å². The van der Waals surface area contributed by atoms with Gasteiger partial charge in [-0.2, -0.15) is 0 Å². The zero-order valence-corrected chi connectivity index (χ0v) is 17.0. The van der Waals surface area contributed by atoms with Crippen molar-refractivity contribution in [1.82, 2.24) is 15.6 Å². The van der Waals surface area contributed by atoms with E-state index in [1.54, 1.807) is 18.0 Å². The van der Waals surface area contributed by atoms with Crippen molar-refractivity contribution >= 4 is 36.3 Å². The van der Waals surface area contributed by atoms with Crippen molar-refractivity contribution in [3.8, 4) is 0 Å². The third-order valence-electron chi connectivity index (χ3n) is 5.67. The highest BCUT2D eigenvalue weighted by Crippen LogP contribution is 2.40. The van der Waals surface area contributed by atoms with E-state index in [9.17, 15) is 4.79 Å². The zero-order chi connectivity index (χ0) is 20.4. The van der Waals surface area contributed by atoms with E-state index in [1.807, 2.05) is 0 Å². The van der Waals surface area contributed by atoms with Crippen LogP contribution >= 0.6 is 0 Å². The molecular formula is C20H28N8O. The first-order chi connectivity index (χ1) is 14.1. The largest absolute Gasteiger partial charge is 0.366 e. The number of nitrogens with one attached hydrogen (secondary N) is 2. The Hall–Kier alpha value is -2.94. The Morgan fingerprint density at radius 2 is 2.28 bits per heavy atom. The van der Waals surface area contributed by atoms with E-state index in [0.29, 0.717) is 17.7 Å². The lowest BCUT2D eigenvalue weighted by Crippen LogP contribution is -2.52. The molecule has 2 amide bonds. The van der Waals surface area contributed by atoms with Crippen molar-refractivity contribution in [2.24, 2.45) is 9.98 Å². The van der Waals surface area contributed by atoms with Crippen molar-refractivity contribution in [2.45, 2.75) is 32.4 Å². The van der Waals surface area contributed by atoms with E-state index in [0.717, 1.165) is 50.6 Å². The van der Waals surface area contributed by atoms with Gasteiger partial charge in [0.2, 0.25) is 0 Å². The highest BCUT2D eigenvalue weighted by atomic mass is 16.2. The summed E-state index contributed by atoms with van der Waals surface area (Å²) in [5, 5.41) is 6.26. The maximum Gasteiger partial charge on any atom is 0.329 e. The monoisotopic (exact) mass is 396 g/mol. The fourth-order valence-corrected chi connectivity index (χ4v) is 4.30. The number of urea groups is 1. The van der Waals surface area contributed by atoms with Gasteiger partial charge in [0.1, 0.15) is 5.82 Å². The topological polar surface area (TPSA) is 88.5 Å². The van der Waals surface area contributed by atoms with Crippen molar-refractivity contribution in [3.05, 3.63) is 24.2 Å². The maximum absolute atomic E-state index is 13.2. The minimum Gasteiger partial charge on any atom is -0.366 e. The van der Waals surface area contributed by atoms with Crippen molar-refractivity contribution < 1.29 is 4.79 Å². The molecule has 2 saturated heterocycles. The first-order valence-corrected chi connectivity index (χ1v) is 10.1. The summed E-state index contributed by atoms with van der Waals surface area (Å²) < 4.78 is 0. The van der Waals surface area contributed by atoms with Gasteiger partial charge in [0.25, 0.3) is 0 Å². The number of amides is 2. The number of aliphatic imine (C=N–C) groups is 2. The molecule has 3 aliphatic heterocycles. The van der Waals surface area contributed by atoms with E-state index < -0.39 is 0 Å². The molecule has 154 valence electrons. The second kappa shape index (κ2) is 8.20. The standard InChI is InChI=1S/C20H28N8O/c1-4-23-17(12-21-3)24-20(29)28-15-7-9-26(13-15)16-5-6-18(25-19(16)28)27-10-8-22-11-14(27)2/h4-6,12,14-15,22H,3,7-11,13H2,1-2H3,(H,24,29)/b17-12+,23-4?/t14-,15-/m0/s1. The number of hydrogen-bond acceptors (Lipinski definition) is 7. The molecule has 1 aromatic rings. The number of piperazine rings is 1. The van der Waals surface area contributed by atoms with Crippen LogP contribution in [-0.2, 0) is 0 Å². The average Bonchev–Trinajstić information content (AvgIpc) is 3.13. The predicted molar refractivity (Wildman–Crippen MR) is 117 cm³/mol. The Labute approximate surface area is 171 Å². The van der Waals surface area contributed by atoms with Gasteiger partial charge in [0, 0.05) is 45.0 Å². The van der Waals surface area contributed by atoms with Crippen molar-refractivity contribution in [3.63, 3.8) is 0 Å². The van der Waals surface area contributed by atoms with Crippen LogP contribution in [0.5, 0.6) is 0 Å². The molecule has 4 heterocycles. The Morgan fingerprint density at radius 3 is 3.03 bits per heavy atom. The Kier molecular flexibility index (Phi) is 5.48. The quantitative estimate of drug-likeness (QED) is 0.755. The molecule has 0 radical (unpaired) electrons. The van der Waals surface area contributed by atoms with Crippen LogP contribution in [0.15, 0.2) is 34.1 Å². The first-order valence-electron chi connectivity index (χ1n) is 10.1. The minimum absolute atomic E-state index is 0.0919. The van der Waals surface area contributed by atoms with Crippen LogP contribution in [0, 0.1) is 0 Å². The van der Waals surface area contributed by atoms with E-state index in [-0.39, 0.29) is 12.1 Å². The van der Waals surface area contributed by atoms with Crippen LogP contribution in [0.4, 0.5) is 22.1 Å². The normalized spacial score (nSPS) is 24.1. The molecule has 0 unspecified atom stereocenters. The third kappa shape index (κ3) is 3.69. The van der Waals surface area contributed by atoms with Crippen molar-refractivity contribution in [2.75, 3.05) is 47.4 Å². The highest BCUT2D eigenvalue weighted by Gasteiger charge is 2.40. The molecular weight excluding hydrogens is 368 g/mol. The molecule has 1 aromatic heterocycles. The van der Waals surface area contributed by atoms with Gasteiger partial charge in [-0.25, -0.2) is 14.8 Å². The number of hydrogen-bond donors (Lipinski definition) is 2. The highest BCUT2D eigenvalue weighted by molar-refractivity contribution is 5.98. The number of carbonyl (C=O) groups excluding carboxylic acids is 1. The Morgan fingerprint density at radius 1 is 1.41 bits per heavy atom. The number of fused-ring (bicyclic) bond motifs is 4. The summed E-state index contributed by atoms with van der Waals surface area (Å²) in [5.41, 5.74) is 1.01. The van der Waals surface area contributed by atoms with Crippen LogP contribution in [-0.4, -0.2) is 68.8 Å². The SMILES string of the molecule is C=N/C=C(\N=CC)NC(=O)N1c2nc(N3CCNC[C@@H]3C)ccc2N2CC[C@H]1C2. The van der Waals surface area contributed by atoms with Gasteiger partial charge in [-0.3, -0.25) is 15.2 Å². The summed E-state index contributed by atoms with van der Waals surface area (Å²) in [6.07, 6.45) is 3.97. The molecule has 0 spiro atoms. The fraction of sp³-hybridized carbons (Fsp3) is 0.500. The molecule has 4 rings (SSSR count). The molecule has 0 aromatic carbocycles. The van der Waals surface area contributed by atoms with Gasteiger partial charge >= 0.3 is 6.03 Å². The summed E-state index contributed by atoms with van der Waals surface area (Å²) in [4.78, 5) is 32.5. The van der Waals surface area contributed by atoms with Crippen LogP contribution < -0.4 is 25.3 Å². The lowest BCUT2D eigenvalue weighted by atomic mass is 10.1. The second-order valence-electron chi connectivity index (χ2n) is 7.53. The zero-order valence-electron chi connectivity index (χ0n) is 17.0. The molecule has 2 bridgehead atoms. The van der Waals surface area contributed by atoms with Gasteiger partial charge in [0.05, 0.1) is 17.9 Å². The van der Waals surface area contributed by atoms with E-state index in [1.165, 1.54) is 6.20 Å². The van der Waals surface area contributed by atoms with Gasteiger partial charge in [-0.1, -0.05) is 0 Å². The number of aromatic nitrogens is 1. The second-order valence-corrected chi connectivity index (χ2v) is 7.53. The number of pyridine rings is 1. The van der Waals surface area contributed by atoms with Gasteiger partial charge in [-0.15, -0.1) is 0 Å². The predicted octanol–water partition coefficient (Wildman–Crippen LogP) is 1.58. The lowest BCUT2D eigenvalue weighted by molar-refractivity contribution is 0.246. The van der Waals surface area contributed by atoms with Crippen molar-refractivity contribution in [1.29, 1.82) is 0 Å². The summed E-state index contributed by atoms with van der Waals surface area (Å²) in [6.45, 7) is 11.9. The third-order valence-corrected chi connectivity index (χ3v) is 5.67. The van der Waals surface area contributed by atoms with Crippen LogP contribution in [0.2, 0.25) is 0 Å². The number of anilines is 3. The molecule has 3 aliphatic rings. The molecule has 29 heavy (non-hydrogen) atoms. The Bertz CT molecular complexity index is 851. The molecule has 0 saturated carbocycles. The summed E-state index contributed by atoms with van der Waals surface area (Å²) >= 11 is 0. The molecule has 2 fully saturated rings. The molecule has 0 aliphatic carbocycles. The van der Waals surface area contributed by atoms with E-state index >= 15 is 0 Å². The van der Waals surface area contributed by atoms with E-state index in [2.05, 4.69) is 56.2 Å². The Balaban J connectivity index is 1.67. The average molecular weight is 396 g/mol. The molecule has 9 nitrogen and oxygen atoms in total. The summed E-state index contributed by atoms with van der Waals surface area (Å²) in [5.74, 6) is 1.99. The molecule has 2 atom stereocenters. The maximum atomic E-state index is 13.2. The fourth-order valence-electron chi connectivity index (χ4n) is 4.30. The van der Waals surface area contributed by atoms with Gasteiger partial charge in [-0.05, 0) is 39.1 Å². The van der Waals surface area contributed by atoms with Crippen LogP contribution in [0.25, 0.3) is 0 Å². The molecule has 9 heteroatoms. The summed E-state index contributed by atoms with van der Waals surface area (Å²) in [7, 11) is 0. The summed E-state index contributed by atoms with van der Waals surface area (Å²) in [6, 6.07) is 4.37. The van der Waals surface area contributed by atoms with E-state index in [4.69, 9.17) is 4.98 Å². The number of nitrogens with zero attached hydrogens (tertiary/aromatic N) is 6.